The number of anilines is 1. The molecular weight excluding hydrogens is 384 g/mol. The van der Waals surface area contributed by atoms with E-state index in [1.165, 1.54) is 6.07 Å². The molecule has 0 radical (unpaired) electrons. The van der Waals surface area contributed by atoms with Crippen molar-refractivity contribution in [1.29, 1.82) is 0 Å². The molecule has 0 aliphatic carbocycles. The summed E-state index contributed by atoms with van der Waals surface area (Å²) in [6.07, 6.45) is 0. The molecule has 0 atom stereocenters. The summed E-state index contributed by atoms with van der Waals surface area (Å²) in [7, 11) is 0. The van der Waals surface area contributed by atoms with Crippen LogP contribution in [0.5, 0.6) is 0 Å². The van der Waals surface area contributed by atoms with E-state index in [1.54, 1.807) is 18.2 Å². The standard InChI is InChI=1S/C19H17ClN4O4/c20-13-9-14(18(26)27)21-17-15(12-3-1-2-11(8-12)10-25)22-19(23-16(13)17)24-4-6-28-7-5-24/h1-3,8-9,25H,4-7,10H2,(H,26,27). The number of aromatic carboxylic acids is 1. The van der Waals surface area contributed by atoms with Gasteiger partial charge in [0.15, 0.2) is 5.69 Å². The first-order valence-corrected chi connectivity index (χ1v) is 9.09. The monoisotopic (exact) mass is 400 g/mol. The third-order valence-corrected chi connectivity index (χ3v) is 4.78. The number of nitrogens with zero attached hydrogens (tertiary/aromatic N) is 4. The van der Waals surface area contributed by atoms with Crippen LogP contribution in [0.2, 0.25) is 5.02 Å². The van der Waals surface area contributed by atoms with E-state index in [0.29, 0.717) is 60.1 Å². The summed E-state index contributed by atoms with van der Waals surface area (Å²) in [5.41, 5.74) is 2.37. The maximum atomic E-state index is 11.4. The average Bonchev–Trinajstić information content (AvgIpc) is 2.73. The lowest BCUT2D eigenvalue weighted by Gasteiger charge is -2.27. The van der Waals surface area contributed by atoms with Crippen LogP contribution < -0.4 is 4.90 Å². The van der Waals surface area contributed by atoms with Gasteiger partial charge in [0.05, 0.1) is 24.8 Å². The molecule has 28 heavy (non-hydrogen) atoms. The number of rotatable bonds is 4. The first-order valence-electron chi connectivity index (χ1n) is 8.71. The summed E-state index contributed by atoms with van der Waals surface area (Å²) in [6, 6.07) is 8.49. The van der Waals surface area contributed by atoms with Crippen molar-refractivity contribution in [3.63, 3.8) is 0 Å². The van der Waals surface area contributed by atoms with Crippen LogP contribution in [0.15, 0.2) is 30.3 Å². The predicted molar refractivity (Wildman–Crippen MR) is 104 cm³/mol. The van der Waals surface area contributed by atoms with Gasteiger partial charge in [-0.25, -0.2) is 19.7 Å². The first-order chi connectivity index (χ1) is 13.6. The van der Waals surface area contributed by atoms with Gasteiger partial charge < -0.3 is 19.8 Å². The summed E-state index contributed by atoms with van der Waals surface area (Å²) in [4.78, 5) is 26.9. The van der Waals surface area contributed by atoms with E-state index in [0.717, 1.165) is 0 Å². The fourth-order valence-corrected chi connectivity index (χ4v) is 3.32. The Bertz CT molecular complexity index is 1050. The van der Waals surface area contributed by atoms with Gasteiger partial charge in [0, 0.05) is 18.7 Å². The molecule has 2 aromatic heterocycles. The molecule has 4 rings (SSSR count). The Morgan fingerprint density at radius 3 is 2.64 bits per heavy atom. The molecule has 0 bridgehead atoms. The Morgan fingerprint density at radius 1 is 1.14 bits per heavy atom. The van der Waals surface area contributed by atoms with Crippen molar-refractivity contribution in [1.82, 2.24) is 15.0 Å². The van der Waals surface area contributed by atoms with Crippen molar-refractivity contribution in [2.45, 2.75) is 6.61 Å². The Morgan fingerprint density at radius 2 is 1.93 bits per heavy atom. The topological polar surface area (TPSA) is 109 Å². The van der Waals surface area contributed by atoms with Crippen molar-refractivity contribution in [2.75, 3.05) is 31.2 Å². The maximum absolute atomic E-state index is 11.4. The van der Waals surface area contributed by atoms with E-state index in [2.05, 4.69) is 15.0 Å². The number of aromatic nitrogens is 3. The van der Waals surface area contributed by atoms with Gasteiger partial charge in [-0.05, 0) is 17.7 Å². The van der Waals surface area contributed by atoms with E-state index in [4.69, 9.17) is 16.3 Å². The van der Waals surface area contributed by atoms with Crippen LogP contribution in [-0.2, 0) is 11.3 Å². The predicted octanol–water partition coefficient (Wildman–Crippen LogP) is 2.37. The lowest BCUT2D eigenvalue weighted by atomic mass is 10.1. The second-order valence-electron chi connectivity index (χ2n) is 6.32. The van der Waals surface area contributed by atoms with Gasteiger partial charge in [-0.15, -0.1) is 0 Å². The smallest absolute Gasteiger partial charge is 0.354 e. The number of fused-ring (bicyclic) bond motifs is 1. The first kappa shape index (κ1) is 18.5. The van der Waals surface area contributed by atoms with Crippen LogP contribution in [0.4, 0.5) is 5.95 Å². The number of halogens is 1. The van der Waals surface area contributed by atoms with Crippen molar-refractivity contribution in [2.24, 2.45) is 0 Å². The van der Waals surface area contributed by atoms with E-state index in [1.807, 2.05) is 11.0 Å². The molecule has 1 aliphatic rings. The van der Waals surface area contributed by atoms with Crippen LogP contribution >= 0.6 is 11.6 Å². The minimum atomic E-state index is -1.18. The van der Waals surface area contributed by atoms with E-state index in [-0.39, 0.29) is 17.3 Å². The van der Waals surface area contributed by atoms with E-state index >= 15 is 0 Å². The molecule has 8 nitrogen and oxygen atoms in total. The quantitative estimate of drug-likeness (QED) is 0.687. The summed E-state index contributed by atoms with van der Waals surface area (Å²) < 4.78 is 5.39. The molecule has 9 heteroatoms. The van der Waals surface area contributed by atoms with Gasteiger partial charge >= 0.3 is 5.97 Å². The molecule has 0 amide bonds. The molecule has 0 spiro atoms. The zero-order valence-corrected chi connectivity index (χ0v) is 15.6. The molecular formula is C19H17ClN4O4. The Balaban J connectivity index is 1.98. The number of carboxylic acid groups (broad SMARTS) is 1. The van der Waals surface area contributed by atoms with Crippen molar-refractivity contribution >= 4 is 34.6 Å². The highest BCUT2D eigenvalue weighted by Gasteiger charge is 2.21. The number of hydrogen-bond donors (Lipinski definition) is 2. The number of pyridine rings is 1. The molecule has 144 valence electrons. The molecule has 2 N–H and O–H groups in total. The van der Waals surface area contributed by atoms with Crippen LogP contribution in [0, 0.1) is 0 Å². The van der Waals surface area contributed by atoms with Crippen LogP contribution in [-0.4, -0.2) is 57.4 Å². The Kier molecular flexibility index (Phi) is 5.08. The molecule has 1 fully saturated rings. The fraction of sp³-hybridized carbons (Fsp3) is 0.263. The Hall–Kier alpha value is -2.81. The van der Waals surface area contributed by atoms with Gasteiger partial charge in [0.1, 0.15) is 16.7 Å². The maximum Gasteiger partial charge on any atom is 0.354 e. The number of hydrogen-bond acceptors (Lipinski definition) is 7. The molecule has 1 aliphatic heterocycles. The van der Waals surface area contributed by atoms with Crippen LogP contribution in [0.1, 0.15) is 16.1 Å². The second kappa shape index (κ2) is 7.67. The number of ether oxygens (including phenoxy) is 1. The van der Waals surface area contributed by atoms with E-state index < -0.39 is 5.97 Å². The number of aliphatic hydroxyl groups excluding tert-OH is 1. The second-order valence-corrected chi connectivity index (χ2v) is 6.73. The number of carboxylic acids is 1. The fourth-order valence-electron chi connectivity index (χ4n) is 3.09. The number of benzene rings is 1. The zero-order valence-electron chi connectivity index (χ0n) is 14.8. The SMILES string of the molecule is O=C(O)c1cc(Cl)c2nc(N3CCOCC3)nc(-c3cccc(CO)c3)c2n1. The van der Waals surface area contributed by atoms with Gasteiger partial charge in [-0.2, -0.15) is 0 Å². The minimum Gasteiger partial charge on any atom is -0.477 e. The lowest BCUT2D eigenvalue weighted by molar-refractivity contribution is 0.0691. The molecule has 0 unspecified atom stereocenters. The highest BCUT2D eigenvalue weighted by Crippen LogP contribution is 2.32. The zero-order chi connectivity index (χ0) is 19.7. The third kappa shape index (κ3) is 3.49. The van der Waals surface area contributed by atoms with Crippen molar-refractivity contribution in [3.05, 3.63) is 46.6 Å². The minimum absolute atomic E-state index is 0.123. The van der Waals surface area contributed by atoms with Crippen LogP contribution in [0.3, 0.4) is 0 Å². The average molecular weight is 401 g/mol. The number of morpholine rings is 1. The molecule has 1 aromatic carbocycles. The van der Waals surface area contributed by atoms with Crippen molar-refractivity contribution < 1.29 is 19.7 Å². The number of aliphatic hydroxyl groups is 1. The van der Waals surface area contributed by atoms with Crippen LogP contribution in [0.25, 0.3) is 22.3 Å². The molecule has 3 aromatic rings. The highest BCUT2D eigenvalue weighted by molar-refractivity contribution is 6.35. The lowest BCUT2D eigenvalue weighted by Crippen LogP contribution is -2.37. The summed E-state index contributed by atoms with van der Waals surface area (Å²) in [5, 5.41) is 19.0. The molecule has 1 saturated heterocycles. The summed E-state index contributed by atoms with van der Waals surface area (Å²) in [5.74, 6) is -0.705. The Labute approximate surface area is 165 Å². The largest absolute Gasteiger partial charge is 0.477 e. The van der Waals surface area contributed by atoms with Gasteiger partial charge in [0.25, 0.3) is 0 Å². The normalized spacial score (nSPS) is 14.4. The van der Waals surface area contributed by atoms with Gasteiger partial charge in [0.2, 0.25) is 5.95 Å². The van der Waals surface area contributed by atoms with E-state index in [9.17, 15) is 15.0 Å². The van der Waals surface area contributed by atoms with Gasteiger partial charge in [-0.1, -0.05) is 29.8 Å². The highest BCUT2D eigenvalue weighted by atomic mass is 35.5. The molecule has 0 saturated carbocycles. The summed E-state index contributed by atoms with van der Waals surface area (Å²) >= 11 is 6.36. The summed E-state index contributed by atoms with van der Waals surface area (Å²) in [6.45, 7) is 2.29. The molecule has 3 heterocycles. The van der Waals surface area contributed by atoms with Crippen molar-refractivity contribution in [3.8, 4) is 11.3 Å². The third-order valence-electron chi connectivity index (χ3n) is 4.49. The number of carbonyl (C=O) groups is 1. The van der Waals surface area contributed by atoms with Gasteiger partial charge in [-0.3, -0.25) is 0 Å².